The summed E-state index contributed by atoms with van der Waals surface area (Å²) in [7, 11) is -3.39. The van der Waals surface area contributed by atoms with Gasteiger partial charge in [-0.1, -0.05) is 0 Å². The largest absolute Gasteiger partial charge is 0.444 e. The number of carbonyl (C=O) groups is 1. The molecule has 6 nitrogen and oxygen atoms in total. The van der Waals surface area contributed by atoms with Gasteiger partial charge in [0.05, 0.1) is 10.1 Å². The molecule has 2 aliphatic heterocycles. The van der Waals surface area contributed by atoms with E-state index in [-0.39, 0.29) is 18.2 Å². The van der Waals surface area contributed by atoms with Gasteiger partial charge >= 0.3 is 6.09 Å². The van der Waals surface area contributed by atoms with Crippen molar-refractivity contribution in [3.63, 3.8) is 0 Å². The highest BCUT2D eigenvalue weighted by Crippen LogP contribution is 2.40. The highest BCUT2D eigenvalue weighted by molar-refractivity contribution is 7.92. The Morgan fingerprint density at radius 3 is 2.21 bits per heavy atom. The number of fused-ring (bicyclic) bond motifs is 2. The van der Waals surface area contributed by atoms with Gasteiger partial charge in [0, 0.05) is 24.5 Å². The molecule has 0 spiro atoms. The minimum Gasteiger partial charge on any atom is -0.444 e. The molecule has 0 aromatic carbocycles. The van der Waals surface area contributed by atoms with Gasteiger partial charge in [-0.25, -0.2) is 13.2 Å². The third kappa shape index (κ3) is 3.27. The first kappa shape index (κ1) is 17.2. The van der Waals surface area contributed by atoms with E-state index in [0.29, 0.717) is 17.7 Å². The first-order valence-corrected chi connectivity index (χ1v) is 9.88. The quantitative estimate of drug-likeness (QED) is 0.818. The summed E-state index contributed by atoms with van der Waals surface area (Å²) < 4.78 is 31.2. The number of carbonyl (C=O) groups excluding carboxylic acids is 1. The third-order valence-corrected chi connectivity index (χ3v) is 6.90. The Morgan fingerprint density at radius 1 is 1.17 bits per heavy atom. The monoisotopic (exact) mass is 352 g/mol. The Labute approximate surface area is 143 Å². The lowest BCUT2D eigenvalue weighted by Crippen LogP contribution is -2.51. The molecule has 1 aromatic rings. The maximum Gasteiger partial charge on any atom is 0.410 e. The number of aromatic nitrogens is 1. The molecule has 0 saturated carbocycles. The summed E-state index contributed by atoms with van der Waals surface area (Å²) in [6, 6.07) is 2.97. The molecule has 1 amide bonds. The molecule has 3 atom stereocenters. The summed E-state index contributed by atoms with van der Waals surface area (Å²) in [6.45, 7) is 5.52. The molecule has 7 heteroatoms. The van der Waals surface area contributed by atoms with Crippen LogP contribution in [0.2, 0.25) is 0 Å². The zero-order valence-electron chi connectivity index (χ0n) is 14.3. The van der Waals surface area contributed by atoms with Crippen molar-refractivity contribution in [3.8, 4) is 0 Å². The van der Waals surface area contributed by atoms with Crippen molar-refractivity contribution in [2.24, 2.45) is 0 Å². The van der Waals surface area contributed by atoms with E-state index in [2.05, 4.69) is 4.98 Å². The van der Waals surface area contributed by atoms with Crippen LogP contribution in [-0.4, -0.2) is 47.3 Å². The summed E-state index contributed by atoms with van der Waals surface area (Å²) in [6.07, 6.45) is 5.29. The van der Waals surface area contributed by atoms with Crippen LogP contribution in [0.5, 0.6) is 0 Å². The van der Waals surface area contributed by atoms with E-state index in [0.717, 1.165) is 12.8 Å². The average Bonchev–Trinajstić information content (AvgIpc) is 2.77. The number of hydrogen-bond donors (Lipinski definition) is 0. The molecule has 3 rings (SSSR count). The first-order valence-electron chi connectivity index (χ1n) is 8.34. The number of nitrogens with zero attached hydrogens (tertiary/aromatic N) is 2. The Balaban J connectivity index is 1.77. The summed E-state index contributed by atoms with van der Waals surface area (Å²) in [5.41, 5.74) is -0.545. The maximum absolute atomic E-state index is 12.8. The maximum atomic E-state index is 12.8. The predicted octanol–water partition coefficient (Wildman–Crippen LogP) is 2.79. The van der Waals surface area contributed by atoms with E-state index in [9.17, 15) is 13.2 Å². The van der Waals surface area contributed by atoms with Crippen molar-refractivity contribution in [2.45, 2.75) is 74.3 Å². The summed E-state index contributed by atoms with van der Waals surface area (Å²) in [5.74, 6) is 0. The van der Waals surface area contributed by atoms with Gasteiger partial charge in [-0.2, -0.15) is 0 Å². The van der Waals surface area contributed by atoms with Crippen molar-refractivity contribution in [3.05, 3.63) is 24.5 Å². The van der Waals surface area contributed by atoms with E-state index < -0.39 is 20.7 Å². The number of rotatable bonds is 2. The molecule has 132 valence electrons. The number of hydrogen-bond acceptors (Lipinski definition) is 5. The van der Waals surface area contributed by atoms with E-state index >= 15 is 0 Å². The normalized spacial score (nSPS) is 27.1. The molecule has 0 aliphatic carbocycles. The Bertz CT molecular complexity index is 698. The predicted molar refractivity (Wildman–Crippen MR) is 89.3 cm³/mol. The van der Waals surface area contributed by atoms with Gasteiger partial charge in [-0.15, -0.1) is 0 Å². The van der Waals surface area contributed by atoms with Crippen molar-refractivity contribution in [1.29, 1.82) is 0 Å². The lowest BCUT2D eigenvalue weighted by molar-refractivity contribution is 0.00813. The lowest BCUT2D eigenvalue weighted by atomic mass is 10.0. The van der Waals surface area contributed by atoms with Gasteiger partial charge in [-0.05, 0) is 58.6 Å². The number of pyridine rings is 1. The molecule has 2 aliphatic rings. The number of piperidine rings is 1. The molecule has 0 N–H and O–H groups in total. The van der Waals surface area contributed by atoms with Crippen molar-refractivity contribution in [2.75, 3.05) is 0 Å². The summed E-state index contributed by atoms with van der Waals surface area (Å²) in [5, 5.41) is -0.448. The Morgan fingerprint density at radius 2 is 1.71 bits per heavy atom. The molecule has 0 radical (unpaired) electrons. The Kier molecular flexibility index (Phi) is 4.32. The van der Waals surface area contributed by atoms with Gasteiger partial charge in [0.25, 0.3) is 0 Å². The third-order valence-electron chi connectivity index (χ3n) is 4.71. The minimum absolute atomic E-state index is 0.0554. The molecule has 3 heterocycles. The molecule has 1 aromatic heterocycles. The van der Waals surface area contributed by atoms with E-state index in [1.54, 1.807) is 4.90 Å². The van der Waals surface area contributed by atoms with E-state index in [1.165, 1.54) is 24.5 Å². The van der Waals surface area contributed by atoms with Crippen LogP contribution in [0, 0.1) is 0 Å². The number of sulfone groups is 1. The molecule has 2 bridgehead atoms. The van der Waals surface area contributed by atoms with Crippen LogP contribution >= 0.6 is 0 Å². The molecule has 24 heavy (non-hydrogen) atoms. The van der Waals surface area contributed by atoms with Gasteiger partial charge in [0.15, 0.2) is 9.84 Å². The second-order valence-electron chi connectivity index (χ2n) is 7.59. The van der Waals surface area contributed by atoms with Crippen LogP contribution in [0.1, 0.15) is 46.5 Å². The SMILES string of the molecule is CC(C)(C)OC(=O)N1[C@@H]2CC[C@H]1CC(S(=O)(=O)c1ccncc1)C2. The van der Waals surface area contributed by atoms with Crippen molar-refractivity contribution < 1.29 is 17.9 Å². The van der Waals surface area contributed by atoms with Gasteiger partial charge < -0.3 is 9.64 Å². The second-order valence-corrected chi connectivity index (χ2v) is 9.82. The van der Waals surface area contributed by atoms with Crippen LogP contribution in [0.25, 0.3) is 0 Å². The highest BCUT2D eigenvalue weighted by Gasteiger charge is 2.48. The molecule has 1 unspecified atom stereocenters. The van der Waals surface area contributed by atoms with Crippen LogP contribution < -0.4 is 0 Å². The smallest absolute Gasteiger partial charge is 0.410 e. The van der Waals surface area contributed by atoms with Crippen LogP contribution in [0.3, 0.4) is 0 Å². The zero-order valence-corrected chi connectivity index (χ0v) is 15.1. The second kappa shape index (κ2) is 6.02. The van der Waals surface area contributed by atoms with Crippen LogP contribution in [0.15, 0.2) is 29.4 Å². The average molecular weight is 352 g/mol. The topological polar surface area (TPSA) is 76.6 Å². The van der Waals surface area contributed by atoms with E-state index in [1.807, 2.05) is 20.8 Å². The molecular weight excluding hydrogens is 328 g/mol. The van der Waals surface area contributed by atoms with Crippen molar-refractivity contribution in [1.82, 2.24) is 9.88 Å². The van der Waals surface area contributed by atoms with E-state index in [4.69, 9.17) is 4.74 Å². The summed E-state index contributed by atoms with van der Waals surface area (Å²) in [4.78, 5) is 18.4. The first-order chi connectivity index (χ1) is 11.2. The molecular formula is C17H24N2O4S. The number of ether oxygens (including phenoxy) is 1. The van der Waals surface area contributed by atoms with Gasteiger partial charge in [0.1, 0.15) is 5.60 Å². The fraction of sp³-hybridized carbons (Fsp3) is 0.647. The fourth-order valence-corrected chi connectivity index (χ4v) is 5.55. The molecule has 2 fully saturated rings. The standard InChI is InChI=1S/C17H24N2O4S/c1-17(2,3)23-16(20)19-12-4-5-13(19)11-15(10-12)24(21,22)14-6-8-18-9-7-14/h6-9,12-13,15H,4-5,10-11H2,1-3H3/t12-,13+,15?. The lowest BCUT2D eigenvalue weighted by Gasteiger charge is -2.39. The Hall–Kier alpha value is -1.63. The van der Waals surface area contributed by atoms with Crippen molar-refractivity contribution >= 4 is 15.9 Å². The zero-order chi connectivity index (χ0) is 17.5. The van der Waals surface area contributed by atoms with Gasteiger partial charge in [-0.3, -0.25) is 4.98 Å². The van der Waals surface area contributed by atoms with Crippen LogP contribution in [-0.2, 0) is 14.6 Å². The fourth-order valence-electron chi connectivity index (χ4n) is 3.71. The number of amides is 1. The minimum atomic E-state index is -3.39. The highest BCUT2D eigenvalue weighted by atomic mass is 32.2. The van der Waals surface area contributed by atoms with Crippen LogP contribution in [0.4, 0.5) is 4.79 Å². The molecule has 2 saturated heterocycles. The van der Waals surface area contributed by atoms with Gasteiger partial charge in [0.2, 0.25) is 0 Å². The summed E-state index contributed by atoms with van der Waals surface area (Å²) >= 11 is 0.